The van der Waals surface area contributed by atoms with E-state index in [4.69, 9.17) is 4.74 Å². The molecule has 22 heavy (non-hydrogen) atoms. The summed E-state index contributed by atoms with van der Waals surface area (Å²) < 4.78 is 7.32. The van der Waals surface area contributed by atoms with Gasteiger partial charge in [0.05, 0.1) is 22.4 Å². The van der Waals surface area contributed by atoms with Gasteiger partial charge < -0.3 is 15.4 Å². The highest BCUT2D eigenvalue weighted by Gasteiger charge is 2.25. The minimum atomic E-state index is 0.0277. The summed E-state index contributed by atoms with van der Waals surface area (Å²) in [5, 5.41) is 8.89. The smallest absolute Gasteiger partial charge is 0.147 e. The Morgan fingerprint density at radius 2 is 2.23 bits per heavy atom. The van der Waals surface area contributed by atoms with Crippen LogP contribution in [0.15, 0.2) is 42.1 Å². The summed E-state index contributed by atoms with van der Waals surface area (Å²) in [7, 11) is 0. The summed E-state index contributed by atoms with van der Waals surface area (Å²) >= 11 is 1.66. The molecule has 0 spiro atoms. The lowest BCUT2D eigenvalue weighted by atomic mass is 10.1. The fourth-order valence-corrected chi connectivity index (χ4v) is 3.66. The molecule has 0 aromatic carbocycles. The Kier molecular flexibility index (Phi) is 3.88. The maximum absolute atomic E-state index is 6.23. The SMILES string of the molecule is C1=CC(Nc2ncnc3ccsc23)C(OC2CCNC2)C=C1. The number of fused-ring (bicyclic) bond motifs is 1. The van der Waals surface area contributed by atoms with Crippen molar-refractivity contribution in [2.24, 2.45) is 0 Å². The number of ether oxygens (including phenoxy) is 1. The van der Waals surface area contributed by atoms with E-state index in [1.54, 1.807) is 17.7 Å². The molecule has 2 N–H and O–H groups in total. The molecule has 2 aliphatic rings. The highest BCUT2D eigenvalue weighted by Crippen LogP contribution is 2.27. The number of anilines is 1. The summed E-state index contributed by atoms with van der Waals surface area (Å²) in [6.45, 7) is 1.97. The van der Waals surface area contributed by atoms with Crippen molar-refractivity contribution in [3.05, 3.63) is 42.1 Å². The molecule has 1 aliphatic heterocycles. The summed E-state index contributed by atoms with van der Waals surface area (Å²) in [5.74, 6) is 0.878. The predicted octanol–water partition coefficient (Wildman–Crippen LogP) is 2.34. The molecule has 2 aromatic rings. The Morgan fingerprint density at radius 1 is 1.27 bits per heavy atom. The van der Waals surface area contributed by atoms with Gasteiger partial charge in [-0.1, -0.05) is 24.3 Å². The maximum atomic E-state index is 6.23. The van der Waals surface area contributed by atoms with Gasteiger partial charge in [-0.3, -0.25) is 0 Å². The van der Waals surface area contributed by atoms with Gasteiger partial charge in [0.1, 0.15) is 18.2 Å². The third-order valence-electron chi connectivity index (χ3n) is 4.00. The largest absolute Gasteiger partial charge is 0.367 e. The van der Waals surface area contributed by atoms with Gasteiger partial charge in [-0.15, -0.1) is 11.3 Å². The fourth-order valence-electron chi connectivity index (χ4n) is 2.86. The Labute approximate surface area is 133 Å². The number of hydrogen-bond donors (Lipinski definition) is 2. The summed E-state index contributed by atoms with van der Waals surface area (Å²) in [6.07, 6.45) is 11.3. The molecule has 3 unspecified atom stereocenters. The van der Waals surface area contributed by atoms with Crippen LogP contribution in [0.5, 0.6) is 0 Å². The second kappa shape index (κ2) is 6.16. The third kappa shape index (κ3) is 2.77. The van der Waals surface area contributed by atoms with Crippen molar-refractivity contribution in [2.45, 2.75) is 24.7 Å². The monoisotopic (exact) mass is 314 g/mol. The zero-order valence-electron chi connectivity index (χ0n) is 12.1. The third-order valence-corrected chi connectivity index (χ3v) is 4.91. The highest BCUT2D eigenvalue weighted by molar-refractivity contribution is 7.17. The van der Waals surface area contributed by atoms with Gasteiger partial charge in [-0.2, -0.15) is 0 Å². The lowest BCUT2D eigenvalue weighted by Crippen LogP contribution is -2.37. The number of hydrogen-bond acceptors (Lipinski definition) is 6. The molecule has 0 amide bonds. The van der Waals surface area contributed by atoms with Gasteiger partial charge in [0.15, 0.2) is 0 Å². The van der Waals surface area contributed by atoms with Gasteiger partial charge >= 0.3 is 0 Å². The number of nitrogens with one attached hydrogen (secondary N) is 2. The van der Waals surface area contributed by atoms with Crippen LogP contribution in [0.4, 0.5) is 5.82 Å². The van der Waals surface area contributed by atoms with E-state index < -0.39 is 0 Å². The normalized spacial score (nSPS) is 27.5. The first kappa shape index (κ1) is 13.9. The Balaban J connectivity index is 1.53. The number of nitrogens with zero attached hydrogens (tertiary/aromatic N) is 2. The summed E-state index contributed by atoms with van der Waals surface area (Å²) in [5.41, 5.74) is 0.982. The van der Waals surface area contributed by atoms with Gasteiger partial charge in [-0.25, -0.2) is 9.97 Å². The Bertz CT molecular complexity index is 705. The van der Waals surface area contributed by atoms with Crippen molar-refractivity contribution in [1.29, 1.82) is 0 Å². The van der Waals surface area contributed by atoms with E-state index in [1.165, 1.54) is 0 Å². The van der Waals surface area contributed by atoms with Crippen LogP contribution in [0.25, 0.3) is 10.2 Å². The molecule has 3 heterocycles. The van der Waals surface area contributed by atoms with E-state index in [1.807, 2.05) is 17.5 Å². The van der Waals surface area contributed by atoms with E-state index in [0.29, 0.717) is 0 Å². The topological polar surface area (TPSA) is 59.1 Å². The molecule has 0 bridgehead atoms. The first-order chi connectivity index (χ1) is 10.9. The predicted molar refractivity (Wildman–Crippen MR) is 89.3 cm³/mol. The van der Waals surface area contributed by atoms with Crippen LogP contribution in [0, 0.1) is 0 Å². The van der Waals surface area contributed by atoms with Crippen molar-refractivity contribution in [1.82, 2.24) is 15.3 Å². The molecular formula is C16H18N4OS. The van der Waals surface area contributed by atoms with Crippen molar-refractivity contribution in [3.63, 3.8) is 0 Å². The van der Waals surface area contributed by atoms with Crippen LogP contribution in [0.1, 0.15) is 6.42 Å². The Morgan fingerprint density at radius 3 is 3.14 bits per heavy atom. The van der Waals surface area contributed by atoms with Crippen LogP contribution >= 0.6 is 11.3 Å². The minimum absolute atomic E-state index is 0.0277. The van der Waals surface area contributed by atoms with Crippen LogP contribution in [-0.2, 0) is 4.74 Å². The molecule has 1 aliphatic carbocycles. The molecule has 1 fully saturated rings. The average Bonchev–Trinajstić information content (AvgIpc) is 3.21. The van der Waals surface area contributed by atoms with E-state index >= 15 is 0 Å². The zero-order valence-corrected chi connectivity index (χ0v) is 12.9. The highest BCUT2D eigenvalue weighted by atomic mass is 32.1. The number of thiophene rings is 1. The molecule has 1 saturated heterocycles. The number of rotatable bonds is 4. The van der Waals surface area contributed by atoms with E-state index in [0.717, 1.165) is 35.5 Å². The van der Waals surface area contributed by atoms with Crippen LogP contribution in [0.3, 0.4) is 0 Å². The van der Waals surface area contributed by atoms with Crippen molar-refractivity contribution in [3.8, 4) is 0 Å². The lowest BCUT2D eigenvalue weighted by molar-refractivity contribution is 0.0218. The molecule has 6 heteroatoms. The summed E-state index contributed by atoms with van der Waals surface area (Å²) in [4.78, 5) is 8.69. The molecule has 0 saturated carbocycles. The molecule has 0 radical (unpaired) electrons. The maximum Gasteiger partial charge on any atom is 0.147 e. The van der Waals surface area contributed by atoms with Crippen molar-refractivity contribution in [2.75, 3.05) is 18.4 Å². The fraction of sp³-hybridized carbons (Fsp3) is 0.375. The summed E-state index contributed by atoms with van der Waals surface area (Å²) in [6, 6.07) is 2.10. The molecule has 3 atom stereocenters. The first-order valence-corrected chi connectivity index (χ1v) is 8.44. The molecule has 4 rings (SSSR count). The first-order valence-electron chi connectivity index (χ1n) is 7.56. The van der Waals surface area contributed by atoms with Gasteiger partial charge in [0.25, 0.3) is 0 Å². The van der Waals surface area contributed by atoms with Crippen molar-refractivity contribution >= 4 is 27.4 Å². The second-order valence-corrected chi connectivity index (χ2v) is 6.43. The quantitative estimate of drug-likeness (QED) is 0.907. The molecule has 114 valence electrons. The molecule has 2 aromatic heterocycles. The molecular weight excluding hydrogens is 296 g/mol. The van der Waals surface area contributed by atoms with Crippen LogP contribution in [0.2, 0.25) is 0 Å². The Hall–Kier alpha value is -1.76. The average molecular weight is 314 g/mol. The van der Waals surface area contributed by atoms with Gasteiger partial charge in [-0.05, 0) is 24.4 Å². The second-order valence-electron chi connectivity index (χ2n) is 5.51. The number of allylic oxidation sites excluding steroid dienone is 2. The lowest BCUT2D eigenvalue weighted by Gasteiger charge is -2.28. The van der Waals surface area contributed by atoms with Crippen LogP contribution < -0.4 is 10.6 Å². The van der Waals surface area contributed by atoms with Crippen molar-refractivity contribution < 1.29 is 4.74 Å². The molecule has 5 nitrogen and oxygen atoms in total. The van der Waals surface area contributed by atoms with Gasteiger partial charge in [0, 0.05) is 6.54 Å². The van der Waals surface area contributed by atoms with Gasteiger partial charge in [0.2, 0.25) is 0 Å². The van der Waals surface area contributed by atoms with Crippen LogP contribution in [-0.4, -0.2) is 41.3 Å². The van der Waals surface area contributed by atoms with E-state index in [2.05, 4.69) is 38.8 Å². The minimum Gasteiger partial charge on any atom is -0.367 e. The zero-order chi connectivity index (χ0) is 14.8. The number of aromatic nitrogens is 2. The standard InChI is InChI=1S/C16H18N4OS/c1-2-4-14(21-11-5-7-17-9-11)12(3-1)20-16-15-13(6-8-22-15)18-10-19-16/h1-4,6,8,10-12,14,17H,5,7,9H2,(H,18,19,20). The van der Waals surface area contributed by atoms with E-state index in [-0.39, 0.29) is 18.2 Å². The van der Waals surface area contributed by atoms with E-state index in [9.17, 15) is 0 Å².